The number of piperidine rings is 1. The molecule has 4 heterocycles. The molecule has 1 N–H and O–H groups in total. The maximum absolute atomic E-state index is 12.7. The first kappa shape index (κ1) is 24.3. The lowest BCUT2D eigenvalue weighted by molar-refractivity contribution is -0.139. The van der Waals surface area contributed by atoms with E-state index in [1.54, 1.807) is 35.8 Å². The molecule has 0 aliphatic carbocycles. The molecule has 1 aliphatic heterocycles. The molecule has 1 aliphatic rings. The molecule has 0 bridgehead atoms. The standard InChI is InChI=1S/C21H20B3F3N6O/c22-21(23,24)33-12-16(10-30-33)15-7-14-8-18(29-11-17(14)28-9-15)31-19(34)13-1-4-32(5-2-13)6-3-20(25,26)27/h7-13H,1-6H2,(H,29,31,34). The highest BCUT2D eigenvalue weighted by molar-refractivity contribution is 6.56. The molecule has 6 radical (unpaired) electrons. The summed E-state index contributed by atoms with van der Waals surface area (Å²) in [4.78, 5) is 23.1. The molecule has 1 saturated heterocycles. The van der Waals surface area contributed by atoms with E-state index in [9.17, 15) is 18.0 Å². The van der Waals surface area contributed by atoms with E-state index in [0.29, 0.717) is 42.8 Å². The Bertz CT molecular complexity index is 1170. The molecular formula is C21H20B3F3N6O. The molecule has 4 rings (SSSR count). The molecular weight excluding hydrogens is 442 g/mol. The fraction of sp³-hybridized carbons (Fsp3) is 0.429. The molecule has 3 aromatic heterocycles. The minimum Gasteiger partial charge on any atom is -0.310 e. The molecule has 3 aromatic rings. The Balaban J connectivity index is 1.41. The number of aromatic nitrogens is 4. The Morgan fingerprint density at radius 2 is 1.79 bits per heavy atom. The number of hydrogen-bond acceptors (Lipinski definition) is 5. The normalized spacial score (nSPS) is 16.1. The van der Waals surface area contributed by atoms with Gasteiger partial charge in [-0.1, -0.05) is 0 Å². The summed E-state index contributed by atoms with van der Waals surface area (Å²) in [7, 11) is 17.0. The van der Waals surface area contributed by atoms with Crippen molar-refractivity contribution in [3.05, 3.63) is 36.9 Å². The first-order valence-electron chi connectivity index (χ1n) is 10.8. The zero-order chi connectivity index (χ0) is 24.5. The van der Waals surface area contributed by atoms with Gasteiger partial charge in [-0.2, -0.15) is 18.3 Å². The Labute approximate surface area is 198 Å². The molecule has 170 valence electrons. The van der Waals surface area contributed by atoms with Gasteiger partial charge in [0.25, 0.3) is 0 Å². The van der Waals surface area contributed by atoms with E-state index >= 15 is 0 Å². The molecule has 0 saturated carbocycles. The highest BCUT2D eigenvalue weighted by Crippen LogP contribution is 2.26. The zero-order valence-corrected chi connectivity index (χ0v) is 18.3. The van der Waals surface area contributed by atoms with Gasteiger partial charge in [0.15, 0.2) is 0 Å². The van der Waals surface area contributed by atoms with Gasteiger partial charge in [-0.3, -0.25) is 14.5 Å². The van der Waals surface area contributed by atoms with Crippen molar-refractivity contribution in [3.63, 3.8) is 0 Å². The van der Waals surface area contributed by atoms with Gasteiger partial charge >= 0.3 is 6.18 Å². The number of carbonyl (C=O) groups excluding carboxylic acids is 1. The Morgan fingerprint density at radius 3 is 2.44 bits per heavy atom. The Kier molecular flexibility index (Phi) is 6.75. The molecule has 0 atom stereocenters. The quantitative estimate of drug-likeness (QED) is 0.569. The largest absolute Gasteiger partial charge is 0.390 e. The molecule has 1 amide bonds. The van der Waals surface area contributed by atoms with E-state index in [2.05, 4.69) is 20.4 Å². The third-order valence-corrected chi connectivity index (χ3v) is 5.80. The van der Waals surface area contributed by atoms with E-state index in [1.807, 2.05) is 6.07 Å². The monoisotopic (exact) mass is 462 g/mol. The highest BCUT2D eigenvalue weighted by Gasteiger charge is 2.30. The van der Waals surface area contributed by atoms with Gasteiger partial charge in [0.05, 0.1) is 47.9 Å². The van der Waals surface area contributed by atoms with Crippen molar-refractivity contribution >= 4 is 46.2 Å². The third-order valence-electron chi connectivity index (χ3n) is 5.80. The predicted octanol–water partition coefficient (Wildman–Crippen LogP) is 2.17. The minimum absolute atomic E-state index is 0.0405. The van der Waals surface area contributed by atoms with E-state index in [-0.39, 0.29) is 18.4 Å². The second-order valence-corrected chi connectivity index (χ2v) is 8.52. The van der Waals surface area contributed by atoms with Gasteiger partial charge in [0, 0.05) is 41.4 Å². The minimum atomic E-state index is -4.17. The molecule has 1 fully saturated rings. The molecule has 0 unspecified atom stereocenters. The number of nitrogens with zero attached hydrogens (tertiary/aromatic N) is 5. The van der Waals surface area contributed by atoms with Crippen molar-refractivity contribution in [2.45, 2.75) is 30.7 Å². The summed E-state index contributed by atoms with van der Waals surface area (Å²) in [6.07, 6.45) is 2.37. The van der Waals surface area contributed by atoms with Crippen LogP contribution in [0.25, 0.3) is 22.0 Å². The SMILES string of the molecule is [B]C([B])([B])n1cc(-c2cnc3cnc(NC(=O)C4CCN(CCC(F)(F)F)CC4)cc3c2)cn1. The number of alkyl halides is 3. The average Bonchev–Trinajstić information content (AvgIpc) is 3.28. The van der Waals surface area contributed by atoms with Crippen LogP contribution >= 0.6 is 0 Å². The zero-order valence-electron chi connectivity index (χ0n) is 18.3. The maximum Gasteiger partial charge on any atom is 0.390 e. The summed E-state index contributed by atoms with van der Waals surface area (Å²) in [6.45, 7) is 0.868. The van der Waals surface area contributed by atoms with E-state index in [1.165, 1.54) is 4.68 Å². The Hall–Kier alpha value is -2.82. The topological polar surface area (TPSA) is 75.9 Å². The fourth-order valence-corrected chi connectivity index (χ4v) is 3.87. The van der Waals surface area contributed by atoms with Crippen LogP contribution in [0.5, 0.6) is 0 Å². The fourth-order valence-electron chi connectivity index (χ4n) is 3.87. The second-order valence-electron chi connectivity index (χ2n) is 8.52. The van der Waals surface area contributed by atoms with Gasteiger partial charge in [-0.25, -0.2) is 4.98 Å². The summed E-state index contributed by atoms with van der Waals surface area (Å²) in [5, 5.41) is 6.00. The van der Waals surface area contributed by atoms with Gasteiger partial charge in [-0.15, -0.1) is 0 Å². The summed E-state index contributed by atoms with van der Waals surface area (Å²) in [5.74, 6) is -0.103. The third kappa shape index (κ3) is 6.00. The first-order chi connectivity index (χ1) is 16.0. The molecule has 34 heavy (non-hydrogen) atoms. The van der Waals surface area contributed by atoms with Gasteiger partial charge in [-0.05, 0) is 43.3 Å². The second kappa shape index (κ2) is 9.44. The van der Waals surface area contributed by atoms with Crippen molar-refractivity contribution in [2.75, 3.05) is 25.0 Å². The van der Waals surface area contributed by atoms with Crippen LogP contribution in [0.15, 0.2) is 36.9 Å². The number of hydrogen-bond donors (Lipinski definition) is 1. The molecule has 13 heteroatoms. The summed E-state index contributed by atoms with van der Waals surface area (Å²) < 4.78 is 38.5. The molecule has 7 nitrogen and oxygen atoms in total. The highest BCUT2D eigenvalue weighted by atomic mass is 19.4. The van der Waals surface area contributed by atoms with Crippen molar-refractivity contribution in [3.8, 4) is 11.1 Å². The summed E-state index contributed by atoms with van der Waals surface area (Å²) in [5.41, 5.74) is 2.09. The van der Waals surface area contributed by atoms with Crippen LogP contribution in [-0.4, -0.2) is 79.9 Å². The number of halogens is 3. The van der Waals surface area contributed by atoms with Gasteiger partial charge in [0.1, 0.15) is 5.82 Å². The van der Waals surface area contributed by atoms with Crippen LogP contribution in [0.4, 0.5) is 19.0 Å². The van der Waals surface area contributed by atoms with Crippen LogP contribution in [0.3, 0.4) is 0 Å². The van der Waals surface area contributed by atoms with Crippen molar-refractivity contribution in [1.82, 2.24) is 24.6 Å². The number of likely N-dealkylation sites (tertiary alicyclic amines) is 1. The number of anilines is 1. The van der Waals surface area contributed by atoms with Crippen molar-refractivity contribution < 1.29 is 18.0 Å². The van der Waals surface area contributed by atoms with Crippen LogP contribution in [0, 0.1) is 5.92 Å². The number of rotatable bonds is 6. The van der Waals surface area contributed by atoms with E-state index in [4.69, 9.17) is 23.5 Å². The van der Waals surface area contributed by atoms with E-state index in [0.717, 1.165) is 10.9 Å². The lowest BCUT2D eigenvalue weighted by Crippen LogP contribution is -2.39. The van der Waals surface area contributed by atoms with Crippen molar-refractivity contribution in [1.29, 1.82) is 0 Å². The lowest BCUT2D eigenvalue weighted by Gasteiger charge is -2.31. The van der Waals surface area contributed by atoms with Crippen LogP contribution in [0.1, 0.15) is 19.3 Å². The smallest absolute Gasteiger partial charge is 0.310 e. The van der Waals surface area contributed by atoms with Crippen LogP contribution in [-0.2, 0) is 10.0 Å². The average molecular weight is 462 g/mol. The maximum atomic E-state index is 12.7. The van der Waals surface area contributed by atoms with E-state index < -0.39 is 17.8 Å². The summed E-state index contributed by atoms with van der Waals surface area (Å²) >= 11 is 0. The van der Waals surface area contributed by atoms with Crippen LogP contribution in [0.2, 0.25) is 0 Å². The van der Waals surface area contributed by atoms with Crippen molar-refractivity contribution in [2.24, 2.45) is 5.92 Å². The Morgan fingerprint density at radius 1 is 1.06 bits per heavy atom. The predicted molar refractivity (Wildman–Crippen MR) is 124 cm³/mol. The number of carbonyl (C=O) groups is 1. The number of fused-ring (bicyclic) bond motifs is 1. The first-order valence-corrected chi connectivity index (χ1v) is 10.8. The molecule has 0 aromatic carbocycles. The van der Waals surface area contributed by atoms with Gasteiger partial charge < -0.3 is 10.2 Å². The summed E-state index contributed by atoms with van der Waals surface area (Å²) in [6, 6.07) is 3.58. The lowest BCUT2D eigenvalue weighted by atomic mass is 9.49. The van der Waals surface area contributed by atoms with Crippen LogP contribution < -0.4 is 5.32 Å². The van der Waals surface area contributed by atoms with Gasteiger partial charge in [0.2, 0.25) is 5.91 Å². The number of amides is 1. The molecule has 0 spiro atoms. The number of pyridine rings is 2. The number of nitrogens with one attached hydrogen (secondary N) is 1.